The van der Waals surface area contributed by atoms with Gasteiger partial charge in [-0.2, -0.15) is 5.26 Å². The van der Waals surface area contributed by atoms with Crippen LogP contribution >= 0.6 is 33.9 Å². The Balaban J connectivity index is 2.87. The Bertz CT molecular complexity index is 263. The first-order chi connectivity index (χ1) is 4.74. The van der Waals surface area contributed by atoms with E-state index < -0.39 is 6.04 Å². The van der Waals surface area contributed by atoms with Crippen LogP contribution in [0.25, 0.3) is 0 Å². The van der Waals surface area contributed by atoms with Crippen molar-refractivity contribution in [3.8, 4) is 6.07 Å². The van der Waals surface area contributed by atoms with Gasteiger partial charge in [0, 0.05) is 4.88 Å². The highest BCUT2D eigenvalue weighted by atomic mass is 127. The second-order valence-corrected chi connectivity index (χ2v) is 4.76. The molecule has 0 aliphatic carbocycles. The Hall–Kier alpha value is -0.120. The molecule has 0 fully saturated rings. The summed E-state index contributed by atoms with van der Waals surface area (Å²) < 4.78 is 1.17. The van der Waals surface area contributed by atoms with Gasteiger partial charge in [-0.25, -0.2) is 0 Å². The third kappa shape index (κ3) is 1.68. The van der Waals surface area contributed by atoms with Crippen LogP contribution < -0.4 is 5.73 Å². The zero-order valence-electron chi connectivity index (χ0n) is 5.04. The van der Waals surface area contributed by atoms with Crippen LogP contribution in [0.3, 0.4) is 0 Å². The Morgan fingerprint density at radius 3 is 2.80 bits per heavy atom. The van der Waals surface area contributed by atoms with Gasteiger partial charge in [0.15, 0.2) is 0 Å². The number of rotatable bonds is 1. The molecule has 1 aromatic rings. The number of hydrogen-bond donors (Lipinski definition) is 1. The molecule has 0 saturated heterocycles. The van der Waals surface area contributed by atoms with Crippen LogP contribution in [-0.2, 0) is 0 Å². The highest BCUT2D eigenvalue weighted by molar-refractivity contribution is 14.1. The summed E-state index contributed by atoms with van der Waals surface area (Å²) in [5.74, 6) is 0. The molecule has 52 valence electrons. The molecule has 0 spiro atoms. The summed E-state index contributed by atoms with van der Waals surface area (Å²) >= 11 is 3.76. The molecule has 1 heterocycles. The van der Waals surface area contributed by atoms with Crippen LogP contribution in [0.4, 0.5) is 0 Å². The molecule has 0 bridgehead atoms. The van der Waals surface area contributed by atoms with Crippen molar-refractivity contribution in [3.63, 3.8) is 0 Å². The van der Waals surface area contributed by atoms with Crippen LogP contribution in [0.2, 0.25) is 0 Å². The Labute approximate surface area is 76.8 Å². The molecular formula is C6H5IN2S. The molecule has 2 nitrogen and oxygen atoms in total. The monoisotopic (exact) mass is 264 g/mol. The molecular weight excluding hydrogens is 259 g/mol. The van der Waals surface area contributed by atoms with Crippen molar-refractivity contribution >= 4 is 33.9 Å². The first kappa shape index (κ1) is 7.98. The fraction of sp³-hybridized carbons (Fsp3) is 0.167. The van der Waals surface area contributed by atoms with Gasteiger partial charge in [-0.1, -0.05) is 0 Å². The lowest BCUT2D eigenvalue weighted by molar-refractivity contribution is 0.951. The van der Waals surface area contributed by atoms with E-state index in [2.05, 4.69) is 22.6 Å². The molecule has 0 saturated carbocycles. The largest absolute Gasteiger partial charge is 0.312 e. The normalized spacial score (nSPS) is 12.5. The van der Waals surface area contributed by atoms with Crippen molar-refractivity contribution in [1.82, 2.24) is 0 Å². The van der Waals surface area contributed by atoms with Crippen LogP contribution in [0.5, 0.6) is 0 Å². The van der Waals surface area contributed by atoms with E-state index in [1.54, 1.807) is 11.3 Å². The number of thiophene rings is 1. The summed E-state index contributed by atoms with van der Waals surface area (Å²) in [6.07, 6.45) is 0. The number of nitriles is 1. The molecule has 4 heteroatoms. The molecule has 0 amide bonds. The molecule has 2 N–H and O–H groups in total. The van der Waals surface area contributed by atoms with Crippen molar-refractivity contribution in [2.75, 3.05) is 0 Å². The molecule has 0 radical (unpaired) electrons. The van der Waals surface area contributed by atoms with E-state index in [0.717, 1.165) is 4.88 Å². The summed E-state index contributed by atoms with van der Waals surface area (Å²) in [7, 11) is 0. The molecule has 0 aliphatic rings. The predicted molar refractivity (Wildman–Crippen MR) is 49.6 cm³/mol. The van der Waals surface area contributed by atoms with Gasteiger partial charge in [0.1, 0.15) is 6.04 Å². The van der Waals surface area contributed by atoms with E-state index in [9.17, 15) is 0 Å². The SMILES string of the molecule is N#CC(N)c1ccc(I)s1. The zero-order valence-corrected chi connectivity index (χ0v) is 8.02. The predicted octanol–water partition coefficient (Wildman–Crippen LogP) is 1.88. The quantitative estimate of drug-likeness (QED) is 0.787. The van der Waals surface area contributed by atoms with Crippen molar-refractivity contribution in [2.45, 2.75) is 6.04 Å². The number of nitrogens with zero attached hydrogens (tertiary/aromatic N) is 1. The topological polar surface area (TPSA) is 49.8 Å². The Morgan fingerprint density at radius 2 is 2.40 bits per heavy atom. The molecule has 10 heavy (non-hydrogen) atoms. The van der Waals surface area contributed by atoms with Gasteiger partial charge < -0.3 is 5.73 Å². The third-order valence-corrected chi connectivity index (χ3v) is 3.02. The van der Waals surface area contributed by atoms with Crippen molar-refractivity contribution in [3.05, 3.63) is 19.9 Å². The van der Waals surface area contributed by atoms with E-state index in [1.807, 2.05) is 18.2 Å². The average Bonchev–Trinajstić information content (AvgIpc) is 2.34. The maximum absolute atomic E-state index is 8.43. The molecule has 1 unspecified atom stereocenters. The van der Waals surface area contributed by atoms with Crippen molar-refractivity contribution < 1.29 is 0 Å². The lowest BCUT2D eigenvalue weighted by Crippen LogP contribution is -2.04. The highest BCUT2D eigenvalue weighted by Gasteiger charge is 2.05. The zero-order chi connectivity index (χ0) is 7.56. The first-order valence-corrected chi connectivity index (χ1v) is 4.54. The van der Waals surface area contributed by atoms with E-state index in [0.29, 0.717) is 0 Å². The summed E-state index contributed by atoms with van der Waals surface area (Å²) in [5, 5.41) is 8.43. The fourth-order valence-electron chi connectivity index (χ4n) is 0.559. The number of halogens is 1. The standard InChI is InChI=1S/C6H5IN2S/c7-6-2-1-5(10-6)4(9)3-8/h1-2,4H,9H2. The minimum atomic E-state index is -0.450. The van der Waals surface area contributed by atoms with E-state index in [4.69, 9.17) is 11.0 Å². The van der Waals surface area contributed by atoms with E-state index in [1.165, 1.54) is 2.88 Å². The third-order valence-electron chi connectivity index (χ3n) is 1.04. The highest BCUT2D eigenvalue weighted by Crippen LogP contribution is 2.22. The van der Waals surface area contributed by atoms with Gasteiger partial charge in [-0.05, 0) is 34.7 Å². The van der Waals surface area contributed by atoms with Gasteiger partial charge in [0.25, 0.3) is 0 Å². The molecule has 0 aliphatic heterocycles. The summed E-state index contributed by atoms with van der Waals surface area (Å²) in [6, 6.07) is 5.37. The van der Waals surface area contributed by atoms with Gasteiger partial charge >= 0.3 is 0 Å². The van der Waals surface area contributed by atoms with Gasteiger partial charge in [0.05, 0.1) is 8.95 Å². The summed E-state index contributed by atoms with van der Waals surface area (Å²) in [4.78, 5) is 0.937. The molecule has 0 aromatic carbocycles. The molecule has 1 rings (SSSR count). The van der Waals surface area contributed by atoms with Crippen molar-refractivity contribution in [1.29, 1.82) is 5.26 Å². The minimum Gasteiger partial charge on any atom is -0.312 e. The van der Waals surface area contributed by atoms with Crippen molar-refractivity contribution in [2.24, 2.45) is 5.73 Å². The lowest BCUT2D eigenvalue weighted by Gasteiger charge is -1.93. The van der Waals surface area contributed by atoms with Gasteiger partial charge in [0.2, 0.25) is 0 Å². The van der Waals surface area contributed by atoms with Crippen LogP contribution in [0, 0.1) is 14.2 Å². The second kappa shape index (κ2) is 3.32. The Morgan fingerprint density at radius 1 is 1.70 bits per heavy atom. The van der Waals surface area contributed by atoms with Crippen LogP contribution in [0.15, 0.2) is 12.1 Å². The van der Waals surface area contributed by atoms with Crippen LogP contribution in [0.1, 0.15) is 10.9 Å². The molecule has 1 aromatic heterocycles. The van der Waals surface area contributed by atoms with E-state index >= 15 is 0 Å². The van der Waals surface area contributed by atoms with Crippen LogP contribution in [-0.4, -0.2) is 0 Å². The maximum Gasteiger partial charge on any atom is 0.128 e. The van der Waals surface area contributed by atoms with E-state index in [-0.39, 0.29) is 0 Å². The van der Waals surface area contributed by atoms with Gasteiger partial charge in [-0.15, -0.1) is 11.3 Å². The summed E-state index contributed by atoms with van der Waals surface area (Å²) in [6.45, 7) is 0. The summed E-state index contributed by atoms with van der Waals surface area (Å²) in [5.41, 5.74) is 5.45. The first-order valence-electron chi connectivity index (χ1n) is 2.64. The molecule has 1 atom stereocenters. The maximum atomic E-state index is 8.43. The minimum absolute atomic E-state index is 0.450. The average molecular weight is 264 g/mol. The van der Waals surface area contributed by atoms with Gasteiger partial charge in [-0.3, -0.25) is 0 Å². The Kier molecular flexibility index (Phi) is 2.65. The number of nitrogens with two attached hydrogens (primary N) is 1. The fourth-order valence-corrected chi connectivity index (χ4v) is 2.18. The second-order valence-electron chi connectivity index (χ2n) is 1.75. The lowest BCUT2D eigenvalue weighted by atomic mass is 10.3. The number of hydrogen-bond acceptors (Lipinski definition) is 3. The smallest absolute Gasteiger partial charge is 0.128 e.